The van der Waals surface area contributed by atoms with E-state index in [2.05, 4.69) is 5.32 Å². The predicted molar refractivity (Wildman–Crippen MR) is 133 cm³/mol. The maximum atomic E-state index is 13.6. The van der Waals surface area contributed by atoms with Crippen LogP contribution >= 0.6 is 23.2 Å². The molecular weight excluding hydrogens is 504 g/mol. The Morgan fingerprint density at radius 1 is 1.09 bits per heavy atom. The minimum Gasteiger partial charge on any atom is -0.354 e. The highest BCUT2D eigenvalue weighted by molar-refractivity contribution is 7.92. The molecule has 186 valence electrons. The van der Waals surface area contributed by atoms with Crippen LogP contribution in [0.15, 0.2) is 42.5 Å². The van der Waals surface area contributed by atoms with Crippen LogP contribution in [0.2, 0.25) is 10.0 Å². The Labute approximate surface area is 209 Å². The lowest BCUT2D eigenvalue weighted by molar-refractivity contribution is -0.140. The number of hydrogen-bond donors (Lipinski definition) is 1. The van der Waals surface area contributed by atoms with Gasteiger partial charge in [-0.15, -0.1) is 0 Å². The van der Waals surface area contributed by atoms with Gasteiger partial charge in [-0.2, -0.15) is 0 Å². The molecule has 0 aliphatic carbocycles. The van der Waals surface area contributed by atoms with Crippen LogP contribution in [0.5, 0.6) is 0 Å². The van der Waals surface area contributed by atoms with Crippen LogP contribution in [0, 0.1) is 5.82 Å². The summed E-state index contributed by atoms with van der Waals surface area (Å²) in [6.07, 6.45) is 1.98. The van der Waals surface area contributed by atoms with E-state index in [1.807, 2.05) is 6.92 Å². The fourth-order valence-corrected chi connectivity index (χ4v) is 4.47. The van der Waals surface area contributed by atoms with Gasteiger partial charge in [-0.3, -0.25) is 13.9 Å². The van der Waals surface area contributed by atoms with Gasteiger partial charge in [0, 0.05) is 18.1 Å². The number of sulfonamides is 1. The van der Waals surface area contributed by atoms with Crippen molar-refractivity contribution in [2.75, 3.05) is 23.7 Å². The lowest BCUT2D eigenvalue weighted by Crippen LogP contribution is -2.52. The van der Waals surface area contributed by atoms with Gasteiger partial charge in [0.15, 0.2) is 0 Å². The molecule has 2 rings (SSSR count). The first-order valence-electron chi connectivity index (χ1n) is 10.7. The van der Waals surface area contributed by atoms with Crippen LogP contribution < -0.4 is 9.62 Å². The van der Waals surface area contributed by atoms with Crippen molar-refractivity contribution in [3.63, 3.8) is 0 Å². The molecule has 1 N–H and O–H groups in total. The Morgan fingerprint density at radius 2 is 1.74 bits per heavy atom. The van der Waals surface area contributed by atoms with Crippen molar-refractivity contribution in [1.82, 2.24) is 10.2 Å². The van der Waals surface area contributed by atoms with E-state index in [4.69, 9.17) is 23.2 Å². The molecule has 0 fully saturated rings. The number of carbonyl (C=O) groups is 2. The summed E-state index contributed by atoms with van der Waals surface area (Å²) >= 11 is 11.8. The second-order valence-electron chi connectivity index (χ2n) is 7.73. The van der Waals surface area contributed by atoms with Crippen molar-refractivity contribution < 1.29 is 22.4 Å². The second kappa shape index (κ2) is 12.4. The van der Waals surface area contributed by atoms with Crippen molar-refractivity contribution in [1.29, 1.82) is 0 Å². The third kappa shape index (κ3) is 7.58. The van der Waals surface area contributed by atoms with E-state index in [1.54, 1.807) is 31.2 Å². The minimum atomic E-state index is -3.93. The number of rotatable bonds is 11. The van der Waals surface area contributed by atoms with Gasteiger partial charge in [-0.1, -0.05) is 49.2 Å². The summed E-state index contributed by atoms with van der Waals surface area (Å²) in [4.78, 5) is 27.7. The molecule has 1 atom stereocenters. The molecule has 0 aliphatic heterocycles. The smallest absolute Gasteiger partial charge is 0.244 e. The average Bonchev–Trinajstić information content (AvgIpc) is 2.78. The third-order valence-corrected chi connectivity index (χ3v) is 6.75. The lowest BCUT2D eigenvalue weighted by atomic mass is 10.1. The molecule has 0 aliphatic rings. The van der Waals surface area contributed by atoms with E-state index in [-0.39, 0.29) is 23.2 Å². The van der Waals surface area contributed by atoms with Gasteiger partial charge in [0.25, 0.3) is 0 Å². The molecule has 11 heteroatoms. The first-order valence-corrected chi connectivity index (χ1v) is 13.3. The number of nitrogens with zero attached hydrogens (tertiary/aromatic N) is 2. The highest BCUT2D eigenvalue weighted by Gasteiger charge is 2.31. The summed E-state index contributed by atoms with van der Waals surface area (Å²) in [5, 5.41) is 3.04. The second-order valence-corrected chi connectivity index (χ2v) is 10.5. The van der Waals surface area contributed by atoms with E-state index in [0.717, 1.165) is 34.7 Å². The van der Waals surface area contributed by atoms with Gasteiger partial charge >= 0.3 is 0 Å². The summed E-state index contributed by atoms with van der Waals surface area (Å²) in [6.45, 7) is 3.60. The first kappa shape index (κ1) is 27.9. The Morgan fingerprint density at radius 3 is 2.26 bits per heavy atom. The fourth-order valence-electron chi connectivity index (χ4n) is 3.33. The van der Waals surface area contributed by atoms with Crippen LogP contribution in [0.4, 0.5) is 10.1 Å². The molecule has 0 bridgehead atoms. The zero-order valence-corrected chi connectivity index (χ0v) is 21.6. The maximum Gasteiger partial charge on any atom is 0.244 e. The Bertz CT molecular complexity index is 1110. The zero-order valence-electron chi connectivity index (χ0n) is 19.2. The number of carbonyl (C=O) groups excluding carboxylic acids is 2. The summed E-state index contributed by atoms with van der Waals surface area (Å²) in [7, 11) is -3.93. The normalized spacial score (nSPS) is 12.2. The SMILES string of the molecule is CCCNC(=O)[C@@H](CC)N(Cc1ccc(Cl)cc1)C(=O)CN(c1ccc(F)c(Cl)c1)S(C)(=O)=O. The number of benzene rings is 2. The monoisotopic (exact) mass is 531 g/mol. The van der Waals surface area contributed by atoms with Crippen molar-refractivity contribution in [2.45, 2.75) is 39.3 Å². The highest BCUT2D eigenvalue weighted by Crippen LogP contribution is 2.25. The van der Waals surface area contributed by atoms with E-state index < -0.39 is 34.3 Å². The van der Waals surface area contributed by atoms with Crippen LogP contribution in [-0.2, 0) is 26.2 Å². The number of hydrogen-bond acceptors (Lipinski definition) is 4. The van der Waals surface area contributed by atoms with Gasteiger partial charge in [-0.05, 0) is 48.7 Å². The molecule has 0 aromatic heterocycles. The highest BCUT2D eigenvalue weighted by atomic mass is 35.5. The van der Waals surface area contributed by atoms with Crippen molar-refractivity contribution in [3.05, 3.63) is 63.9 Å². The molecule has 0 unspecified atom stereocenters. The van der Waals surface area contributed by atoms with Gasteiger partial charge in [-0.25, -0.2) is 12.8 Å². The molecule has 34 heavy (non-hydrogen) atoms. The molecule has 0 heterocycles. The van der Waals surface area contributed by atoms with Gasteiger partial charge in [0.05, 0.1) is 17.0 Å². The number of anilines is 1. The fraction of sp³-hybridized carbons (Fsp3) is 0.391. The van der Waals surface area contributed by atoms with Crippen molar-refractivity contribution >= 4 is 50.7 Å². The Kier molecular flexibility index (Phi) is 10.1. The zero-order chi connectivity index (χ0) is 25.5. The summed E-state index contributed by atoms with van der Waals surface area (Å²) in [6, 6.07) is 9.36. The quantitative estimate of drug-likeness (QED) is 0.469. The topological polar surface area (TPSA) is 86.8 Å². The molecule has 0 radical (unpaired) electrons. The van der Waals surface area contributed by atoms with Crippen molar-refractivity contribution in [3.8, 4) is 0 Å². The maximum absolute atomic E-state index is 13.6. The number of amides is 2. The van der Waals surface area contributed by atoms with Gasteiger partial charge in [0.2, 0.25) is 21.8 Å². The van der Waals surface area contributed by atoms with Crippen LogP contribution in [0.3, 0.4) is 0 Å². The molecule has 7 nitrogen and oxygen atoms in total. The first-order chi connectivity index (χ1) is 16.0. The Balaban J connectivity index is 2.43. The van der Waals surface area contributed by atoms with E-state index >= 15 is 0 Å². The summed E-state index contributed by atoms with van der Waals surface area (Å²) in [5.41, 5.74) is 0.757. The van der Waals surface area contributed by atoms with Crippen molar-refractivity contribution in [2.24, 2.45) is 0 Å². The largest absolute Gasteiger partial charge is 0.354 e. The van der Waals surface area contributed by atoms with Crippen LogP contribution in [0.25, 0.3) is 0 Å². The average molecular weight is 532 g/mol. The summed E-state index contributed by atoms with van der Waals surface area (Å²) < 4.78 is 39.5. The molecule has 0 saturated carbocycles. The molecular formula is C23H28Cl2FN3O4S. The summed E-state index contributed by atoms with van der Waals surface area (Å²) in [5.74, 6) is -1.64. The predicted octanol–water partition coefficient (Wildman–Crippen LogP) is 4.23. The molecule has 2 aromatic carbocycles. The van der Waals surface area contributed by atoms with E-state index in [9.17, 15) is 22.4 Å². The van der Waals surface area contributed by atoms with Crippen LogP contribution in [0.1, 0.15) is 32.3 Å². The molecule has 2 amide bonds. The Hall–Kier alpha value is -2.36. The lowest BCUT2D eigenvalue weighted by Gasteiger charge is -2.33. The van der Waals surface area contributed by atoms with E-state index in [1.165, 1.54) is 11.0 Å². The molecule has 2 aromatic rings. The third-order valence-electron chi connectivity index (χ3n) is 5.07. The molecule has 0 saturated heterocycles. The number of halogens is 3. The number of nitrogens with one attached hydrogen (secondary N) is 1. The van der Waals surface area contributed by atoms with Gasteiger partial charge in [0.1, 0.15) is 18.4 Å². The standard InChI is InChI=1S/C23H28Cl2FN3O4S/c1-4-12-27-23(31)21(5-2)28(14-16-6-8-17(24)9-7-16)22(30)15-29(34(3,32)33)18-10-11-20(26)19(25)13-18/h6-11,13,21H,4-5,12,14-15H2,1-3H3,(H,27,31)/t21-/m1/s1. The molecule has 0 spiro atoms. The van der Waals surface area contributed by atoms with Gasteiger partial charge < -0.3 is 10.2 Å². The van der Waals surface area contributed by atoms with E-state index in [0.29, 0.717) is 18.0 Å². The van der Waals surface area contributed by atoms with Crippen LogP contribution in [-0.4, -0.2) is 50.5 Å². The minimum absolute atomic E-state index is 0.0391.